The number of hydrogen-bond donors (Lipinski definition) is 0. The first-order valence-electron chi connectivity index (χ1n) is 7.68. The molecule has 0 N–H and O–H groups in total. The molecule has 1 aliphatic rings. The van der Waals surface area contributed by atoms with Crippen LogP contribution in [0.5, 0.6) is 0 Å². The van der Waals surface area contributed by atoms with Crippen molar-refractivity contribution in [2.45, 2.75) is 51.0 Å². The zero-order valence-corrected chi connectivity index (χ0v) is 14.5. The van der Waals surface area contributed by atoms with Gasteiger partial charge in [0.25, 0.3) is 0 Å². The highest BCUT2D eigenvalue weighted by molar-refractivity contribution is 7.89. The molecule has 1 aromatic rings. The summed E-state index contributed by atoms with van der Waals surface area (Å²) < 4.78 is 26.6. The van der Waals surface area contributed by atoms with Gasteiger partial charge in [0.2, 0.25) is 15.9 Å². The number of sulfonamides is 1. The fourth-order valence-corrected chi connectivity index (χ4v) is 4.19. The number of anilines is 1. The monoisotopic (exact) mass is 324 g/mol. The maximum Gasteiger partial charge on any atom is 0.242 e. The lowest BCUT2D eigenvalue weighted by Crippen LogP contribution is -2.33. The lowest BCUT2D eigenvalue weighted by atomic mass is 10.1. The molecule has 1 amide bonds. The third kappa shape index (κ3) is 3.03. The quantitative estimate of drug-likeness (QED) is 0.836. The second kappa shape index (κ2) is 6.38. The summed E-state index contributed by atoms with van der Waals surface area (Å²) in [5.74, 6) is -0.0121. The fourth-order valence-electron chi connectivity index (χ4n) is 2.93. The zero-order chi connectivity index (χ0) is 16.5. The molecule has 0 aliphatic carbocycles. The van der Waals surface area contributed by atoms with Crippen molar-refractivity contribution >= 4 is 21.6 Å². The Morgan fingerprint density at radius 2 is 2.09 bits per heavy atom. The minimum atomic E-state index is -3.46. The summed E-state index contributed by atoms with van der Waals surface area (Å²) in [5.41, 5.74) is 1.75. The van der Waals surface area contributed by atoms with Crippen LogP contribution >= 0.6 is 0 Å². The third-order valence-electron chi connectivity index (χ3n) is 4.14. The molecule has 1 atom stereocenters. The van der Waals surface area contributed by atoms with Gasteiger partial charge in [0.1, 0.15) is 0 Å². The standard InChI is InChI=1S/C16H24N2O3S/c1-5-6-9-17(4)22(20,21)15-7-8-16-14(11-15)10-12(2)18(16)13(3)19/h7-8,11-12H,5-6,9-10H2,1-4H3/t12-/m0/s1. The van der Waals surface area contributed by atoms with E-state index in [9.17, 15) is 13.2 Å². The first-order chi connectivity index (χ1) is 10.3. The summed E-state index contributed by atoms with van der Waals surface area (Å²) in [6.45, 7) is 6.07. The minimum Gasteiger partial charge on any atom is -0.309 e. The number of carbonyl (C=O) groups excluding carboxylic acids is 1. The molecule has 122 valence electrons. The summed E-state index contributed by atoms with van der Waals surface area (Å²) >= 11 is 0. The van der Waals surface area contributed by atoms with Crippen LogP contribution in [-0.2, 0) is 21.2 Å². The molecule has 5 nitrogen and oxygen atoms in total. The highest BCUT2D eigenvalue weighted by Crippen LogP contribution is 2.34. The fraction of sp³-hybridized carbons (Fsp3) is 0.562. The average Bonchev–Trinajstić information content (AvgIpc) is 2.79. The second-order valence-corrected chi connectivity index (χ2v) is 7.96. The number of amides is 1. The Balaban J connectivity index is 2.33. The first-order valence-corrected chi connectivity index (χ1v) is 9.12. The number of unbranched alkanes of at least 4 members (excludes halogenated alkanes) is 1. The van der Waals surface area contributed by atoms with Crippen LogP contribution in [0.2, 0.25) is 0 Å². The minimum absolute atomic E-state index is 0.0121. The van der Waals surface area contributed by atoms with Crippen molar-refractivity contribution in [3.05, 3.63) is 23.8 Å². The van der Waals surface area contributed by atoms with Crippen LogP contribution < -0.4 is 4.90 Å². The molecule has 0 spiro atoms. The maximum atomic E-state index is 12.6. The Bertz CT molecular complexity index is 670. The summed E-state index contributed by atoms with van der Waals surface area (Å²) in [5, 5.41) is 0. The van der Waals surface area contributed by atoms with Gasteiger partial charge in [-0.15, -0.1) is 0 Å². The van der Waals surface area contributed by atoms with Crippen LogP contribution in [0.4, 0.5) is 5.69 Å². The molecule has 22 heavy (non-hydrogen) atoms. The second-order valence-electron chi connectivity index (χ2n) is 5.91. The van der Waals surface area contributed by atoms with Gasteiger partial charge >= 0.3 is 0 Å². The Labute approximate surface area is 133 Å². The number of rotatable bonds is 5. The SMILES string of the molecule is CCCCN(C)S(=O)(=O)c1ccc2c(c1)C[C@H](C)N2C(C)=O. The van der Waals surface area contributed by atoms with Gasteiger partial charge in [-0.25, -0.2) is 12.7 Å². The van der Waals surface area contributed by atoms with E-state index in [-0.39, 0.29) is 11.9 Å². The molecule has 0 radical (unpaired) electrons. The summed E-state index contributed by atoms with van der Waals surface area (Å²) in [6.07, 6.45) is 2.49. The molecule has 0 saturated heterocycles. The van der Waals surface area contributed by atoms with E-state index in [1.165, 1.54) is 11.2 Å². The third-order valence-corrected chi connectivity index (χ3v) is 5.99. The molecule has 6 heteroatoms. The molecular weight excluding hydrogens is 300 g/mol. The van der Waals surface area contributed by atoms with E-state index in [1.807, 2.05) is 13.8 Å². The normalized spacial score (nSPS) is 17.9. The van der Waals surface area contributed by atoms with Crippen LogP contribution in [-0.4, -0.2) is 38.3 Å². The van der Waals surface area contributed by atoms with Crippen molar-refractivity contribution in [2.75, 3.05) is 18.5 Å². The van der Waals surface area contributed by atoms with E-state index in [0.29, 0.717) is 17.9 Å². The number of nitrogens with zero attached hydrogens (tertiary/aromatic N) is 2. The zero-order valence-electron chi connectivity index (χ0n) is 13.7. The molecule has 0 aromatic heterocycles. The predicted molar refractivity (Wildman–Crippen MR) is 87.5 cm³/mol. The van der Waals surface area contributed by atoms with Crippen molar-refractivity contribution in [3.63, 3.8) is 0 Å². The van der Waals surface area contributed by atoms with Gasteiger partial charge in [0.05, 0.1) is 4.90 Å². The van der Waals surface area contributed by atoms with Crippen molar-refractivity contribution in [1.29, 1.82) is 0 Å². The van der Waals surface area contributed by atoms with Gasteiger partial charge in [-0.2, -0.15) is 0 Å². The van der Waals surface area contributed by atoms with Crippen molar-refractivity contribution < 1.29 is 13.2 Å². The number of carbonyl (C=O) groups is 1. The summed E-state index contributed by atoms with van der Waals surface area (Å²) in [7, 11) is -1.84. The highest BCUT2D eigenvalue weighted by Gasteiger charge is 2.30. The molecule has 0 saturated carbocycles. The summed E-state index contributed by atoms with van der Waals surface area (Å²) in [4.78, 5) is 13.8. The topological polar surface area (TPSA) is 57.7 Å². The van der Waals surface area contributed by atoms with Gasteiger partial charge in [-0.1, -0.05) is 13.3 Å². The molecule has 0 bridgehead atoms. The number of hydrogen-bond acceptors (Lipinski definition) is 3. The van der Waals surface area contributed by atoms with Crippen molar-refractivity contribution in [2.24, 2.45) is 0 Å². The van der Waals surface area contributed by atoms with E-state index in [4.69, 9.17) is 0 Å². The van der Waals surface area contributed by atoms with Crippen LogP contribution in [0.3, 0.4) is 0 Å². The van der Waals surface area contributed by atoms with Gasteiger partial charge < -0.3 is 4.90 Å². The van der Waals surface area contributed by atoms with Crippen molar-refractivity contribution in [1.82, 2.24) is 4.31 Å². The molecule has 1 aromatic carbocycles. The van der Waals surface area contributed by atoms with E-state index < -0.39 is 10.0 Å². The van der Waals surface area contributed by atoms with Gasteiger partial charge in [0, 0.05) is 32.2 Å². The predicted octanol–water partition coefficient (Wildman–Crippen LogP) is 2.40. The molecule has 0 unspecified atom stereocenters. The van der Waals surface area contributed by atoms with Crippen LogP contribution in [0.25, 0.3) is 0 Å². The van der Waals surface area contributed by atoms with Crippen LogP contribution in [0.1, 0.15) is 39.2 Å². The van der Waals surface area contributed by atoms with E-state index >= 15 is 0 Å². The average molecular weight is 324 g/mol. The molecule has 1 aliphatic heterocycles. The smallest absolute Gasteiger partial charge is 0.242 e. The Morgan fingerprint density at radius 3 is 2.68 bits per heavy atom. The molecule has 2 rings (SSSR count). The molecule has 1 heterocycles. The number of benzene rings is 1. The van der Waals surface area contributed by atoms with Gasteiger partial charge in [0.15, 0.2) is 0 Å². The Morgan fingerprint density at radius 1 is 1.41 bits per heavy atom. The van der Waals surface area contributed by atoms with E-state index in [1.54, 1.807) is 30.1 Å². The first kappa shape index (κ1) is 17.0. The summed E-state index contributed by atoms with van der Waals surface area (Å²) in [6, 6.07) is 5.14. The maximum absolute atomic E-state index is 12.6. The highest BCUT2D eigenvalue weighted by atomic mass is 32.2. The Hall–Kier alpha value is -1.40. The molecule has 0 fully saturated rings. The lowest BCUT2D eigenvalue weighted by molar-refractivity contribution is -0.116. The largest absolute Gasteiger partial charge is 0.309 e. The molecular formula is C16H24N2O3S. The van der Waals surface area contributed by atoms with E-state index in [0.717, 1.165) is 24.1 Å². The van der Waals surface area contributed by atoms with Crippen molar-refractivity contribution in [3.8, 4) is 0 Å². The van der Waals surface area contributed by atoms with Gasteiger partial charge in [-0.3, -0.25) is 4.79 Å². The lowest BCUT2D eigenvalue weighted by Gasteiger charge is -2.21. The van der Waals surface area contributed by atoms with Crippen LogP contribution in [0.15, 0.2) is 23.1 Å². The van der Waals surface area contributed by atoms with Gasteiger partial charge in [-0.05, 0) is 43.5 Å². The van der Waals surface area contributed by atoms with E-state index in [2.05, 4.69) is 0 Å². The number of fused-ring (bicyclic) bond motifs is 1. The van der Waals surface area contributed by atoms with Crippen LogP contribution in [0, 0.1) is 0 Å². The Kier molecular flexibility index (Phi) is 4.92.